The number of benzene rings is 2. The molecule has 0 spiro atoms. The summed E-state index contributed by atoms with van der Waals surface area (Å²) >= 11 is 9.31. The highest BCUT2D eigenvalue weighted by atomic mass is 79.9. The summed E-state index contributed by atoms with van der Waals surface area (Å²) in [6, 6.07) is 9.54. The van der Waals surface area contributed by atoms with Gasteiger partial charge in [0.05, 0.1) is 4.83 Å². The Labute approximate surface area is 118 Å². The van der Waals surface area contributed by atoms with E-state index in [2.05, 4.69) is 15.9 Å². The highest BCUT2D eigenvalue weighted by molar-refractivity contribution is 9.09. The number of hydrogen-bond donors (Lipinski definition) is 0. The fourth-order valence-electron chi connectivity index (χ4n) is 1.72. The summed E-state index contributed by atoms with van der Waals surface area (Å²) in [6.45, 7) is 1.61. The van der Waals surface area contributed by atoms with Gasteiger partial charge in [0.15, 0.2) is 0 Å². The summed E-state index contributed by atoms with van der Waals surface area (Å²) in [7, 11) is 0. The maximum Gasteiger partial charge on any atom is 0.130 e. The second-order valence-electron chi connectivity index (χ2n) is 4.04. The lowest BCUT2D eigenvalue weighted by atomic mass is 10.0. The Morgan fingerprint density at radius 3 is 2.50 bits per heavy atom. The van der Waals surface area contributed by atoms with Crippen LogP contribution in [0, 0.1) is 18.6 Å². The van der Waals surface area contributed by atoms with Crippen molar-refractivity contribution >= 4 is 27.5 Å². The first-order valence-electron chi connectivity index (χ1n) is 5.34. The van der Waals surface area contributed by atoms with Crippen LogP contribution >= 0.6 is 27.5 Å². The molecule has 0 saturated heterocycles. The number of halogens is 4. The molecule has 94 valence electrons. The van der Waals surface area contributed by atoms with Crippen LogP contribution < -0.4 is 0 Å². The molecule has 2 aromatic rings. The Morgan fingerprint density at radius 2 is 1.83 bits per heavy atom. The summed E-state index contributed by atoms with van der Waals surface area (Å²) < 4.78 is 27.0. The molecule has 0 amide bonds. The van der Waals surface area contributed by atoms with Crippen LogP contribution in [0.2, 0.25) is 5.02 Å². The van der Waals surface area contributed by atoms with E-state index in [4.69, 9.17) is 11.6 Å². The maximum atomic E-state index is 13.8. The van der Waals surface area contributed by atoms with Crippen LogP contribution in [0.25, 0.3) is 0 Å². The molecule has 0 aliphatic carbocycles. The lowest BCUT2D eigenvalue weighted by molar-refractivity contribution is 0.569. The van der Waals surface area contributed by atoms with Gasteiger partial charge in [-0.05, 0) is 36.2 Å². The molecule has 0 N–H and O–H groups in total. The number of aryl methyl sites for hydroxylation is 1. The molecule has 0 heterocycles. The predicted octanol–water partition coefficient (Wildman–Crippen LogP) is 5.41. The average Bonchev–Trinajstić information content (AvgIpc) is 2.33. The third-order valence-electron chi connectivity index (χ3n) is 2.69. The van der Waals surface area contributed by atoms with E-state index < -0.39 is 11.6 Å². The van der Waals surface area contributed by atoms with Gasteiger partial charge in [-0.2, -0.15) is 0 Å². The zero-order valence-corrected chi connectivity index (χ0v) is 11.9. The first kappa shape index (κ1) is 13.5. The molecule has 0 nitrogen and oxygen atoms in total. The van der Waals surface area contributed by atoms with Gasteiger partial charge in [-0.3, -0.25) is 0 Å². The summed E-state index contributed by atoms with van der Waals surface area (Å²) in [5, 5.41) is 0.580. The van der Waals surface area contributed by atoms with Crippen molar-refractivity contribution in [1.82, 2.24) is 0 Å². The van der Waals surface area contributed by atoms with Gasteiger partial charge < -0.3 is 0 Å². The molecule has 0 fully saturated rings. The highest BCUT2D eigenvalue weighted by Gasteiger charge is 2.17. The summed E-state index contributed by atoms with van der Waals surface area (Å²) in [5.41, 5.74) is 1.64. The van der Waals surface area contributed by atoms with Crippen molar-refractivity contribution in [2.75, 3.05) is 0 Å². The molecule has 0 saturated carbocycles. The zero-order chi connectivity index (χ0) is 13.3. The summed E-state index contributed by atoms with van der Waals surface area (Å²) in [6.07, 6.45) is 0. The van der Waals surface area contributed by atoms with Gasteiger partial charge in [-0.1, -0.05) is 39.7 Å². The topological polar surface area (TPSA) is 0 Å². The molecule has 0 radical (unpaired) electrons. The van der Waals surface area contributed by atoms with Crippen LogP contribution in [0.15, 0.2) is 36.4 Å². The zero-order valence-electron chi connectivity index (χ0n) is 9.55. The molecule has 2 rings (SSSR count). The van der Waals surface area contributed by atoms with Crippen LogP contribution in [-0.2, 0) is 0 Å². The Balaban J connectivity index is 2.46. The molecule has 1 unspecified atom stereocenters. The molecule has 4 heteroatoms. The van der Waals surface area contributed by atoms with Crippen LogP contribution in [-0.4, -0.2) is 0 Å². The van der Waals surface area contributed by atoms with Crippen LogP contribution in [0.5, 0.6) is 0 Å². The highest BCUT2D eigenvalue weighted by Crippen LogP contribution is 2.34. The SMILES string of the molecule is Cc1cc(C(Br)c2cccc(Cl)c2)c(F)cc1F. The Bertz CT molecular complexity index is 584. The minimum absolute atomic E-state index is 0.351. The lowest BCUT2D eigenvalue weighted by Crippen LogP contribution is -1.99. The van der Waals surface area contributed by atoms with Gasteiger partial charge in [0, 0.05) is 16.7 Å². The van der Waals surface area contributed by atoms with Crippen molar-refractivity contribution in [3.63, 3.8) is 0 Å². The van der Waals surface area contributed by atoms with Crippen LogP contribution in [0.1, 0.15) is 21.5 Å². The predicted molar refractivity (Wildman–Crippen MR) is 73.3 cm³/mol. The number of alkyl halides is 1. The van der Waals surface area contributed by atoms with Gasteiger partial charge >= 0.3 is 0 Å². The van der Waals surface area contributed by atoms with Crippen molar-refractivity contribution in [1.29, 1.82) is 0 Å². The van der Waals surface area contributed by atoms with E-state index in [0.29, 0.717) is 16.1 Å². The summed E-state index contributed by atoms with van der Waals surface area (Å²) in [5.74, 6) is -1.11. The smallest absolute Gasteiger partial charge is 0.130 e. The van der Waals surface area contributed by atoms with Gasteiger partial charge in [-0.25, -0.2) is 8.78 Å². The normalized spacial score (nSPS) is 12.5. The van der Waals surface area contributed by atoms with Crippen LogP contribution in [0.3, 0.4) is 0 Å². The quantitative estimate of drug-likeness (QED) is 0.645. The Kier molecular flexibility index (Phi) is 4.03. The third kappa shape index (κ3) is 2.73. The third-order valence-corrected chi connectivity index (χ3v) is 3.95. The van der Waals surface area contributed by atoms with E-state index in [0.717, 1.165) is 11.6 Å². The minimum Gasteiger partial charge on any atom is -0.207 e. The van der Waals surface area contributed by atoms with Gasteiger partial charge in [0.1, 0.15) is 11.6 Å². The Hall–Kier alpha value is -0.930. The molecule has 18 heavy (non-hydrogen) atoms. The van der Waals surface area contributed by atoms with Crippen molar-refractivity contribution in [3.05, 3.63) is 69.7 Å². The standard InChI is InChI=1S/C14H10BrClF2/c1-8-5-11(13(18)7-12(8)17)14(15)9-3-2-4-10(16)6-9/h2-7,14H,1H3. The second-order valence-corrected chi connectivity index (χ2v) is 5.39. The van der Waals surface area contributed by atoms with E-state index in [1.165, 1.54) is 6.07 Å². The van der Waals surface area contributed by atoms with E-state index in [-0.39, 0.29) is 4.83 Å². The molecular weight excluding hydrogens is 322 g/mol. The van der Waals surface area contributed by atoms with Gasteiger partial charge in [-0.15, -0.1) is 0 Å². The molecule has 0 bridgehead atoms. The first-order chi connectivity index (χ1) is 8.49. The molecule has 0 aliphatic heterocycles. The fourth-order valence-corrected chi connectivity index (χ4v) is 2.55. The van der Waals surface area contributed by atoms with Crippen molar-refractivity contribution in [2.45, 2.75) is 11.8 Å². The van der Waals surface area contributed by atoms with E-state index >= 15 is 0 Å². The maximum absolute atomic E-state index is 13.8. The van der Waals surface area contributed by atoms with Crippen molar-refractivity contribution in [3.8, 4) is 0 Å². The fraction of sp³-hybridized carbons (Fsp3) is 0.143. The molecule has 0 aromatic heterocycles. The average molecular weight is 332 g/mol. The first-order valence-corrected chi connectivity index (χ1v) is 6.63. The second kappa shape index (κ2) is 5.37. The number of rotatable bonds is 2. The van der Waals surface area contributed by atoms with E-state index in [9.17, 15) is 8.78 Å². The van der Waals surface area contributed by atoms with Crippen molar-refractivity contribution in [2.24, 2.45) is 0 Å². The molecule has 0 aliphatic rings. The monoisotopic (exact) mass is 330 g/mol. The number of hydrogen-bond acceptors (Lipinski definition) is 0. The minimum atomic E-state index is -0.569. The summed E-state index contributed by atoms with van der Waals surface area (Å²) in [4.78, 5) is -0.351. The van der Waals surface area contributed by atoms with E-state index in [1.54, 1.807) is 25.1 Å². The van der Waals surface area contributed by atoms with E-state index in [1.807, 2.05) is 6.07 Å². The van der Waals surface area contributed by atoms with Crippen molar-refractivity contribution < 1.29 is 8.78 Å². The van der Waals surface area contributed by atoms with Gasteiger partial charge in [0.2, 0.25) is 0 Å². The van der Waals surface area contributed by atoms with Gasteiger partial charge in [0.25, 0.3) is 0 Å². The molecule has 2 aromatic carbocycles. The van der Waals surface area contributed by atoms with Crippen LogP contribution in [0.4, 0.5) is 8.78 Å². The lowest BCUT2D eigenvalue weighted by Gasteiger charge is -2.13. The largest absolute Gasteiger partial charge is 0.207 e. The molecule has 1 atom stereocenters. The Morgan fingerprint density at radius 1 is 1.11 bits per heavy atom. The molecular formula is C14H10BrClF2.